The summed E-state index contributed by atoms with van der Waals surface area (Å²) >= 11 is 0. The third-order valence-electron chi connectivity index (χ3n) is 3.83. The Balaban J connectivity index is 1.67. The number of alkyl halides is 3. The minimum atomic E-state index is -4.38. The summed E-state index contributed by atoms with van der Waals surface area (Å²) in [6.45, 7) is 1.70. The third kappa shape index (κ3) is 3.88. The molecule has 9 heteroatoms. The lowest BCUT2D eigenvalue weighted by molar-refractivity contribution is -0.137. The molecule has 0 saturated carbocycles. The fraction of sp³-hybridized carbons (Fsp3) is 0.176. The molecule has 0 saturated heterocycles. The number of nitrogens with one attached hydrogen (secondary N) is 1. The van der Waals surface area contributed by atoms with E-state index in [0.29, 0.717) is 16.8 Å². The van der Waals surface area contributed by atoms with Crippen molar-refractivity contribution in [2.75, 3.05) is 0 Å². The van der Waals surface area contributed by atoms with Crippen molar-refractivity contribution in [1.82, 2.24) is 25.5 Å². The summed E-state index contributed by atoms with van der Waals surface area (Å²) in [7, 11) is 0. The fourth-order valence-corrected chi connectivity index (χ4v) is 2.37. The maximum Gasteiger partial charge on any atom is 0.416 e. The van der Waals surface area contributed by atoms with Crippen LogP contribution in [0.2, 0.25) is 0 Å². The summed E-state index contributed by atoms with van der Waals surface area (Å²) in [5.41, 5.74) is 0.970. The maximum atomic E-state index is 12.6. The molecule has 0 fully saturated rings. The second kappa shape index (κ2) is 6.95. The molecular weight excluding hydrogens is 347 g/mol. The highest BCUT2D eigenvalue weighted by Crippen LogP contribution is 2.29. The van der Waals surface area contributed by atoms with Gasteiger partial charge in [-0.05, 0) is 59.3 Å². The zero-order chi connectivity index (χ0) is 18.7. The number of hydrogen-bond acceptors (Lipinski definition) is 4. The molecule has 1 atom stereocenters. The molecule has 0 aliphatic carbocycles. The minimum Gasteiger partial charge on any atom is -0.346 e. The monoisotopic (exact) mass is 361 g/mol. The number of benzene rings is 2. The Hall–Kier alpha value is -3.23. The Morgan fingerprint density at radius 3 is 2.27 bits per heavy atom. The van der Waals surface area contributed by atoms with Crippen molar-refractivity contribution in [2.24, 2.45) is 0 Å². The van der Waals surface area contributed by atoms with Gasteiger partial charge in [-0.2, -0.15) is 13.2 Å². The van der Waals surface area contributed by atoms with Gasteiger partial charge in [0.1, 0.15) is 6.33 Å². The number of amides is 1. The fourth-order valence-electron chi connectivity index (χ4n) is 2.37. The highest BCUT2D eigenvalue weighted by Gasteiger charge is 2.30. The molecule has 3 aromatic rings. The first kappa shape index (κ1) is 17.6. The van der Waals surface area contributed by atoms with Gasteiger partial charge in [-0.15, -0.1) is 5.10 Å². The topological polar surface area (TPSA) is 72.7 Å². The molecule has 0 aliphatic heterocycles. The van der Waals surface area contributed by atoms with E-state index in [1.54, 1.807) is 31.2 Å². The van der Waals surface area contributed by atoms with Crippen LogP contribution in [0.15, 0.2) is 54.9 Å². The van der Waals surface area contributed by atoms with Crippen molar-refractivity contribution in [3.05, 3.63) is 71.5 Å². The van der Waals surface area contributed by atoms with Crippen LogP contribution in [0.3, 0.4) is 0 Å². The minimum absolute atomic E-state index is 0.333. The number of tetrazole rings is 1. The molecule has 1 unspecified atom stereocenters. The van der Waals surface area contributed by atoms with Crippen LogP contribution in [0.5, 0.6) is 0 Å². The average Bonchev–Trinajstić information content (AvgIpc) is 3.16. The molecule has 1 aromatic heterocycles. The third-order valence-corrected chi connectivity index (χ3v) is 3.83. The molecule has 2 aromatic carbocycles. The number of rotatable bonds is 4. The van der Waals surface area contributed by atoms with Crippen molar-refractivity contribution in [2.45, 2.75) is 19.1 Å². The second-order valence-electron chi connectivity index (χ2n) is 5.62. The Labute approximate surface area is 146 Å². The van der Waals surface area contributed by atoms with Gasteiger partial charge in [-0.25, -0.2) is 4.68 Å². The zero-order valence-corrected chi connectivity index (χ0v) is 13.6. The van der Waals surface area contributed by atoms with Crippen LogP contribution in [0.4, 0.5) is 13.2 Å². The van der Waals surface area contributed by atoms with Crippen LogP contribution in [-0.2, 0) is 6.18 Å². The lowest BCUT2D eigenvalue weighted by Gasteiger charge is -2.15. The van der Waals surface area contributed by atoms with E-state index < -0.39 is 17.8 Å². The number of hydrogen-bond donors (Lipinski definition) is 1. The second-order valence-corrected chi connectivity index (χ2v) is 5.62. The molecule has 6 nitrogen and oxygen atoms in total. The first-order valence-electron chi connectivity index (χ1n) is 7.66. The molecule has 134 valence electrons. The highest BCUT2D eigenvalue weighted by atomic mass is 19.4. The van der Waals surface area contributed by atoms with Gasteiger partial charge in [0, 0.05) is 5.56 Å². The van der Waals surface area contributed by atoms with Gasteiger partial charge in [0.25, 0.3) is 5.91 Å². The van der Waals surface area contributed by atoms with Gasteiger partial charge in [0.15, 0.2) is 0 Å². The quantitative estimate of drug-likeness (QED) is 0.775. The standard InChI is InChI=1S/C17H14F3N5O/c1-11(12-2-6-14(7-3-12)17(18,19)20)22-16(26)13-4-8-15(9-5-13)25-10-21-23-24-25/h2-11H,1H3,(H,22,26). The van der Waals surface area contributed by atoms with E-state index in [0.717, 1.165) is 12.1 Å². The number of halogens is 3. The summed E-state index contributed by atoms with van der Waals surface area (Å²) in [5, 5.41) is 13.6. The van der Waals surface area contributed by atoms with E-state index in [9.17, 15) is 18.0 Å². The number of carbonyl (C=O) groups excluding carboxylic acids is 1. The van der Waals surface area contributed by atoms with Gasteiger partial charge in [-0.1, -0.05) is 12.1 Å². The number of carbonyl (C=O) groups is 1. The van der Waals surface area contributed by atoms with Crippen LogP contribution in [0.25, 0.3) is 5.69 Å². The number of nitrogens with zero attached hydrogens (tertiary/aromatic N) is 4. The van der Waals surface area contributed by atoms with Crippen molar-refractivity contribution >= 4 is 5.91 Å². The van der Waals surface area contributed by atoms with Gasteiger partial charge in [-0.3, -0.25) is 4.79 Å². The summed E-state index contributed by atoms with van der Waals surface area (Å²) in [6.07, 6.45) is -2.95. The molecule has 0 spiro atoms. The van der Waals surface area contributed by atoms with E-state index >= 15 is 0 Å². The van der Waals surface area contributed by atoms with Crippen LogP contribution in [0, 0.1) is 0 Å². The first-order valence-corrected chi connectivity index (χ1v) is 7.66. The smallest absolute Gasteiger partial charge is 0.346 e. The molecule has 26 heavy (non-hydrogen) atoms. The lowest BCUT2D eigenvalue weighted by atomic mass is 10.1. The Bertz CT molecular complexity index is 874. The number of aromatic nitrogens is 4. The van der Waals surface area contributed by atoms with Gasteiger partial charge in [0.05, 0.1) is 17.3 Å². The molecule has 0 radical (unpaired) electrons. The first-order chi connectivity index (χ1) is 12.3. The van der Waals surface area contributed by atoms with Gasteiger partial charge < -0.3 is 5.32 Å². The van der Waals surface area contributed by atoms with Crippen molar-refractivity contribution in [3.63, 3.8) is 0 Å². The largest absolute Gasteiger partial charge is 0.416 e. The van der Waals surface area contributed by atoms with Crippen LogP contribution >= 0.6 is 0 Å². The SMILES string of the molecule is CC(NC(=O)c1ccc(-n2cnnn2)cc1)c1ccc(C(F)(F)F)cc1. The van der Waals surface area contributed by atoms with Crippen molar-refractivity contribution in [1.29, 1.82) is 0 Å². The summed E-state index contributed by atoms with van der Waals surface area (Å²) in [6, 6.07) is 10.9. The average molecular weight is 361 g/mol. The van der Waals surface area contributed by atoms with Gasteiger partial charge in [0.2, 0.25) is 0 Å². The van der Waals surface area contributed by atoms with Gasteiger partial charge >= 0.3 is 6.18 Å². The maximum absolute atomic E-state index is 12.6. The summed E-state index contributed by atoms with van der Waals surface area (Å²) in [4.78, 5) is 12.3. The Morgan fingerprint density at radius 2 is 1.73 bits per heavy atom. The molecule has 0 bridgehead atoms. The molecule has 1 amide bonds. The van der Waals surface area contributed by atoms with Crippen molar-refractivity contribution < 1.29 is 18.0 Å². The molecular formula is C17H14F3N5O. The van der Waals surface area contributed by atoms with E-state index in [1.807, 2.05) is 0 Å². The Morgan fingerprint density at radius 1 is 1.08 bits per heavy atom. The molecule has 0 aliphatic rings. The molecule has 1 heterocycles. The summed E-state index contributed by atoms with van der Waals surface area (Å²) < 4.78 is 39.3. The van der Waals surface area contributed by atoms with Crippen LogP contribution < -0.4 is 5.32 Å². The van der Waals surface area contributed by atoms with E-state index in [2.05, 4.69) is 20.8 Å². The summed E-state index contributed by atoms with van der Waals surface area (Å²) in [5.74, 6) is -0.333. The van der Waals surface area contributed by atoms with Crippen LogP contribution in [0.1, 0.15) is 34.5 Å². The van der Waals surface area contributed by atoms with E-state index in [4.69, 9.17) is 0 Å². The van der Waals surface area contributed by atoms with E-state index in [-0.39, 0.29) is 5.91 Å². The molecule has 1 N–H and O–H groups in total. The van der Waals surface area contributed by atoms with E-state index in [1.165, 1.54) is 23.1 Å². The van der Waals surface area contributed by atoms with Crippen molar-refractivity contribution in [3.8, 4) is 5.69 Å². The normalized spacial score (nSPS) is 12.6. The lowest BCUT2D eigenvalue weighted by Crippen LogP contribution is -2.26. The predicted molar refractivity (Wildman–Crippen MR) is 86.5 cm³/mol. The Kier molecular flexibility index (Phi) is 4.70. The predicted octanol–water partition coefficient (Wildman–Crippen LogP) is 3.17. The molecule has 3 rings (SSSR count). The van der Waals surface area contributed by atoms with Crippen LogP contribution in [-0.4, -0.2) is 26.1 Å². The highest BCUT2D eigenvalue weighted by molar-refractivity contribution is 5.94. The zero-order valence-electron chi connectivity index (χ0n) is 13.6.